The Hall–Kier alpha value is -1.30. The second kappa shape index (κ2) is 7.47. The van der Waals surface area contributed by atoms with E-state index in [1.807, 2.05) is 4.90 Å². The highest BCUT2D eigenvalue weighted by molar-refractivity contribution is 5.74. The molecule has 0 atom stereocenters. The van der Waals surface area contributed by atoms with Crippen LogP contribution in [0.5, 0.6) is 0 Å². The molecule has 0 spiro atoms. The Balaban J connectivity index is 2.40. The van der Waals surface area contributed by atoms with Crippen LogP contribution >= 0.6 is 0 Å². The number of urea groups is 1. The van der Waals surface area contributed by atoms with E-state index in [0.717, 1.165) is 19.4 Å². The summed E-state index contributed by atoms with van der Waals surface area (Å²) in [6, 6.07) is -0.0382. The Morgan fingerprint density at radius 2 is 1.90 bits per heavy atom. The van der Waals surface area contributed by atoms with Crippen molar-refractivity contribution in [3.8, 4) is 0 Å². The lowest BCUT2D eigenvalue weighted by Gasteiger charge is -2.26. The molecule has 0 radical (unpaired) electrons. The number of carboxylic acids is 1. The molecule has 6 nitrogen and oxygen atoms in total. The van der Waals surface area contributed by atoms with Crippen molar-refractivity contribution in [1.29, 1.82) is 0 Å². The third-order valence-electron chi connectivity index (χ3n) is 3.91. The lowest BCUT2D eigenvalue weighted by Crippen LogP contribution is -2.45. The summed E-state index contributed by atoms with van der Waals surface area (Å²) in [7, 11) is 0. The molecule has 0 aliphatic carbocycles. The minimum absolute atomic E-state index is 0.0382. The number of aliphatic carboxylic acids is 1. The number of carbonyl (C=O) groups excluding carboxylic acids is 1. The molecule has 0 bridgehead atoms. The van der Waals surface area contributed by atoms with Gasteiger partial charge in [0.05, 0.1) is 6.54 Å². The van der Waals surface area contributed by atoms with Gasteiger partial charge in [0, 0.05) is 32.7 Å². The van der Waals surface area contributed by atoms with Crippen LogP contribution in [0.25, 0.3) is 0 Å². The first-order valence-electron chi connectivity index (χ1n) is 7.31. The van der Waals surface area contributed by atoms with Gasteiger partial charge in [-0.2, -0.15) is 0 Å². The Bertz CT molecular complexity index is 345. The maximum Gasteiger partial charge on any atom is 0.317 e. The van der Waals surface area contributed by atoms with Crippen molar-refractivity contribution < 1.29 is 14.7 Å². The average molecular weight is 285 g/mol. The van der Waals surface area contributed by atoms with Crippen molar-refractivity contribution in [1.82, 2.24) is 15.1 Å². The van der Waals surface area contributed by atoms with Crippen molar-refractivity contribution in [3.05, 3.63) is 0 Å². The number of nitrogens with one attached hydrogen (secondary N) is 1. The minimum atomic E-state index is -0.812. The van der Waals surface area contributed by atoms with Crippen molar-refractivity contribution >= 4 is 12.0 Å². The number of carboxylic acid groups (broad SMARTS) is 1. The van der Waals surface area contributed by atoms with Gasteiger partial charge in [0.1, 0.15) is 0 Å². The Morgan fingerprint density at radius 1 is 1.20 bits per heavy atom. The number of hydrogen-bond donors (Lipinski definition) is 2. The Kier molecular flexibility index (Phi) is 6.26. The first kappa shape index (κ1) is 16.8. The SMILES string of the molecule is CCC(C)(C)CNC(=O)N1CCCN(CC(=O)O)CC1. The Labute approximate surface area is 121 Å². The van der Waals surface area contributed by atoms with Gasteiger partial charge in [-0.25, -0.2) is 4.79 Å². The van der Waals surface area contributed by atoms with Crippen LogP contribution in [0.3, 0.4) is 0 Å². The molecule has 20 heavy (non-hydrogen) atoms. The maximum atomic E-state index is 12.1. The summed E-state index contributed by atoms with van der Waals surface area (Å²) in [6.45, 7) is 9.72. The van der Waals surface area contributed by atoms with E-state index < -0.39 is 5.97 Å². The van der Waals surface area contributed by atoms with Crippen LogP contribution in [0.15, 0.2) is 0 Å². The summed E-state index contributed by atoms with van der Waals surface area (Å²) in [5.41, 5.74) is 0.108. The molecule has 0 saturated carbocycles. The van der Waals surface area contributed by atoms with Crippen LogP contribution in [-0.4, -0.2) is 66.2 Å². The third kappa shape index (κ3) is 5.77. The largest absolute Gasteiger partial charge is 0.480 e. The van der Waals surface area contributed by atoms with Gasteiger partial charge in [-0.3, -0.25) is 9.69 Å². The highest BCUT2D eigenvalue weighted by atomic mass is 16.4. The fourth-order valence-electron chi connectivity index (χ4n) is 2.08. The van der Waals surface area contributed by atoms with E-state index in [0.29, 0.717) is 26.2 Å². The molecule has 2 amide bonds. The smallest absolute Gasteiger partial charge is 0.317 e. The molecular formula is C14H27N3O3. The van der Waals surface area contributed by atoms with E-state index in [1.165, 1.54) is 0 Å². The summed E-state index contributed by atoms with van der Waals surface area (Å²) in [5, 5.41) is 11.8. The van der Waals surface area contributed by atoms with Crippen LogP contribution < -0.4 is 5.32 Å². The number of hydrogen-bond acceptors (Lipinski definition) is 3. The fraction of sp³-hybridized carbons (Fsp3) is 0.857. The predicted molar refractivity (Wildman–Crippen MR) is 77.7 cm³/mol. The van der Waals surface area contributed by atoms with Crippen molar-refractivity contribution in [2.45, 2.75) is 33.6 Å². The molecule has 6 heteroatoms. The molecule has 0 aromatic rings. The minimum Gasteiger partial charge on any atom is -0.480 e. The van der Waals surface area contributed by atoms with Gasteiger partial charge in [0.15, 0.2) is 0 Å². The first-order valence-corrected chi connectivity index (χ1v) is 7.31. The van der Waals surface area contributed by atoms with Crippen LogP contribution in [0.1, 0.15) is 33.6 Å². The summed E-state index contributed by atoms with van der Waals surface area (Å²) < 4.78 is 0. The summed E-state index contributed by atoms with van der Waals surface area (Å²) in [5.74, 6) is -0.812. The lowest BCUT2D eigenvalue weighted by molar-refractivity contribution is -0.138. The molecule has 116 valence electrons. The number of carbonyl (C=O) groups is 2. The quantitative estimate of drug-likeness (QED) is 0.797. The number of rotatable bonds is 5. The zero-order valence-electron chi connectivity index (χ0n) is 12.8. The van der Waals surface area contributed by atoms with Gasteiger partial charge in [0.2, 0.25) is 0 Å². The summed E-state index contributed by atoms with van der Waals surface area (Å²) >= 11 is 0. The van der Waals surface area contributed by atoms with Crippen molar-refractivity contribution in [2.75, 3.05) is 39.3 Å². The standard InChI is InChI=1S/C14H27N3O3/c1-4-14(2,3)11-15-13(20)17-7-5-6-16(8-9-17)10-12(18)19/h4-11H2,1-3H3,(H,15,20)(H,18,19). The van der Waals surface area contributed by atoms with Gasteiger partial charge in [0.25, 0.3) is 0 Å². The van der Waals surface area contributed by atoms with Crippen LogP contribution in [-0.2, 0) is 4.79 Å². The first-order chi connectivity index (χ1) is 9.34. The molecule has 1 saturated heterocycles. The van der Waals surface area contributed by atoms with Gasteiger partial charge >= 0.3 is 12.0 Å². The average Bonchev–Trinajstić information content (AvgIpc) is 2.61. The third-order valence-corrected chi connectivity index (χ3v) is 3.91. The predicted octanol–water partition coefficient (Wildman–Crippen LogP) is 1.22. The highest BCUT2D eigenvalue weighted by Gasteiger charge is 2.22. The van der Waals surface area contributed by atoms with Gasteiger partial charge in [-0.05, 0) is 18.3 Å². The molecule has 1 heterocycles. The lowest BCUT2D eigenvalue weighted by atomic mass is 9.90. The highest BCUT2D eigenvalue weighted by Crippen LogP contribution is 2.17. The fourth-order valence-corrected chi connectivity index (χ4v) is 2.08. The topological polar surface area (TPSA) is 72.9 Å². The normalized spacial score (nSPS) is 17.6. The second-order valence-corrected chi connectivity index (χ2v) is 6.19. The molecule has 1 aliphatic rings. The van der Waals surface area contributed by atoms with Gasteiger partial charge in [-0.1, -0.05) is 20.8 Å². The Morgan fingerprint density at radius 3 is 2.50 bits per heavy atom. The van der Waals surface area contributed by atoms with E-state index in [2.05, 4.69) is 26.1 Å². The molecular weight excluding hydrogens is 258 g/mol. The molecule has 2 N–H and O–H groups in total. The van der Waals surface area contributed by atoms with Gasteiger partial charge < -0.3 is 15.3 Å². The molecule has 1 fully saturated rings. The zero-order chi connectivity index (χ0) is 15.2. The molecule has 1 rings (SSSR count). The summed E-state index contributed by atoms with van der Waals surface area (Å²) in [4.78, 5) is 26.5. The van der Waals surface area contributed by atoms with E-state index >= 15 is 0 Å². The maximum absolute atomic E-state index is 12.1. The van der Waals surface area contributed by atoms with Gasteiger partial charge in [-0.15, -0.1) is 0 Å². The van der Waals surface area contributed by atoms with Crippen LogP contribution in [0.4, 0.5) is 4.79 Å². The zero-order valence-corrected chi connectivity index (χ0v) is 12.8. The second-order valence-electron chi connectivity index (χ2n) is 6.19. The molecule has 0 unspecified atom stereocenters. The van der Waals surface area contributed by atoms with E-state index in [-0.39, 0.29) is 18.0 Å². The van der Waals surface area contributed by atoms with Crippen molar-refractivity contribution in [3.63, 3.8) is 0 Å². The molecule has 0 aromatic heterocycles. The monoisotopic (exact) mass is 285 g/mol. The summed E-state index contributed by atoms with van der Waals surface area (Å²) in [6.07, 6.45) is 1.83. The number of amides is 2. The van der Waals surface area contributed by atoms with Crippen LogP contribution in [0, 0.1) is 5.41 Å². The van der Waals surface area contributed by atoms with E-state index in [4.69, 9.17) is 5.11 Å². The van der Waals surface area contributed by atoms with E-state index in [1.54, 1.807) is 4.90 Å². The van der Waals surface area contributed by atoms with E-state index in [9.17, 15) is 9.59 Å². The molecule has 1 aliphatic heterocycles. The number of nitrogens with zero attached hydrogens (tertiary/aromatic N) is 2. The molecule has 0 aromatic carbocycles. The van der Waals surface area contributed by atoms with Crippen molar-refractivity contribution in [2.24, 2.45) is 5.41 Å². The van der Waals surface area contributed by atoms with Crippen LogP contribution in [0.2, 0.25) is 0 Å².